The lowest BCUT2D eigenvalue weighted by Crippen LogP contribution is -2.32. The zero-order valence-corrected chi connectivity index (χ0v) is 20.3. The van der Waals surface area contributed by atoms with Crippen molar-refractivity contribution in [1.82, 2.24) is 0 Å². The van der Waals surface area contributed by atoms with Crippen molar-refractivity contribution in [3.8, 4) is 0 Å². The molecule has 9 heteroatoms. The second kappa shape index (κ2) is 9.50. The summed E-state index contributed by atoms with van der Waals surface area (Å²) in [7, 11) is 0. The number of aryl methyl sites for hydroxylation is 1. The molecule has 0 radical (unpaired) electrons. The summed E-state index contributed by atoms with van der Waals surface area (Å²) >= 11 is 18.3. The second-order valence-corrected chi connectivity index (χ2v) is 8.85. The van der Waals surface area contributed by atoms with Crippen molar-refractivity contribution >= 4 is 69.6 Å². The highest BCUT2D eigenvalue weighted by atomic mass is 35.5. The van der Waals surface area contributed by atoms with Crippen LogP contribution in [0, 0.1) is 13.8 Å². The van der Waals surface area contributed by atoms with E-state index in [1.807, 2.05) is 6.92 Å². The van der Waals surface area contributed by atoms with Crippen LogP contribution in [0.2, 0.25) is 10.0 Å². The van der Waals surface area contributed by atoms with E-state index in [0.717, 1.165) is 16.0 Å². The molecule has 0 unspecified atom stereocenters. The average molecular weight is 515 g/mol. The van der Waals surface area contributed by atoms with Gasteiger partial charge < -0.3 is 10.6 Å². The minimum atomic E-state index is -0.653. The zero-order valence-electron chi connectivity index (χ0n) is 18.1. The fourth-order valence-corrected chi connectivity index (χ4v) is 3.92. The van der Waals surface area contributed by atoms with Gasteiger partial charge in [-0.05, 0) is 73.5 Å². The highest BCUT2D eigenvalue weighted by Gasteiger charge is 2.39. The van der Waals surface area contributed by atoms with Gasteiger partial charge in [-0.2, -0.15) is 0 Å². The van der Waals surface area contributed by atoms with Gasteiger partial charge in [0.2, 0.25) is 0 Å². The summed E-state index contributed by atoms with van der Waals surface area (Å²) < 4.78 is 0. The van der Waals surface area contributed by atoms with E-state index in [4.69, 9.17) is 34.8 Å². The maximum absolute atomic E-state index is 13.0. The summed E-state index contributed by atoms with van der Waals surface area (Å²) in [5.74, 6) is -1.62. The summed E-state index contributed by atoms with van der Waals surface area (Å²) in [5.41, 5.74) is 3.16. The third-order valence-corrected chi connectivity index (χ3v) is 6.40. The lowest BCUT2D eigenvalue weighted by atomic mass is 10.1. The molecule has 1 aliphatic heterocycles. The van der Waals surface area contributed by atoms with Gasteiger partial charge in [-0.1, -0.05) is 46.9 Å². The SMILES string of the molecule is Cc1ccc(C(=O)Nc2cccc(Cl)c2C)cc1NC1=C(Cl)C(=O)N(c2ccc(Cl)cc2)C1=O. The lowest BCUT2D eigenvalue weighted by molar-refractivity contribution is -0.120. The minimum absolute atomic E-state index is 0.0760. The number of carbonyl (C=O) groups excluding carboxylic acids is 3. The van der Waals surface area contributed by atoms with Gasteiger partial charge in [-0.25, -0.2) is 4.90 Å². The number of anilines is 3. The normalized spacial score (nSPS) is 13.5. The molecule has 3 amide bonds. The molecule has 0 aliphatic carbocycles. The number of hydrogen-bond donors (Lipinski definition) is 2. The van der Waals surface area contributed by atoms with Crippen molar-refractivity contribution in [2.75, 3.05) is 15.5 Å². The summed E-state index contributed by atoms with van der Waals surface area (Å²) in [6, 6.07) is 16.5. The van der Waals surface area contributed by atoms with Crippen LogP contribution in [0.25, 0.3) is 0 Å². The number of nitrogens with one attached hydrogen (secondary N) is 2. The number of hydrogen-bond acceptors (Lipinski definition) is 4. The van der Waals surface area contributed by atoms with Crippen LogP contribution in [0.1, 0.15) is 21.5 Å². The number of benzene rings is 3. The highest BCUT2D eigenvalue weighted by molar-refractivity contribution is 6.53. The fraction of sp³-hybridized carbons (Fsp3) is 0.0800. The van der Waals surface area contributed by atoms with Crippen LogP contribution in [0.4, 0.5) is 17.1 Å². The van der Waals surface area contributed by atoms with Crippen molar-refractivity contribution in [1.29, 1.82) is 0 Å². The first-order chi connectivity index (χ1) is 16.2. The van der Waals surface area contributed by atoms with Gasteiger partial charge in [0.15, 0.2) is 0 Å². The molecule has 0 saturated heterocycles. The van der Waals surface area contributed by atoms with Crippen molar-refractivity contribution < 1.29 is 14.4 Å². The van der Waals surface area contributed by atoms with E-state index in [-0.39, 0.29) is 16.6 Å². The summed E-state index contributed by atoms with van der Waals surface area (Å²) in [5, 5.41) is 6.54. The molecule has 0 saturated carbocycles. The van der Waals surface area contributed by atoms with Gasteiger partial charge >= 0.3 is 0 Å². The van der Waals surface area contributed by atoms with Gasteiger partial charge in [-0.3, -0.25) is 14.4 Å². The summed E-state index contributed by atoms with van der Waals surface area (Å²) in [6.07, 6.45) is 0. The van der Waals surface area contributed by atoms with E-state index < -0.39 is 11.8 Å². The molecule has 1 heterocycles. The standard InChI is InChI=1S/C25H18Cl3N3O3/c1-13-6-7-15(23(32)30-19-5-3-4-18(27)14(19)2)12-20(13)29-22-21(28)24(33)31(25(22)34)17-10-8-16(26)9-11-17/h3-12,29H,1-2H3,(H,30,32). The minimum Gasteiger partial charge on any atom is -0.349 e. The first kappa shape index (κ1) is 23.8. The van der Waals surface area contributed by atoms with Crippen molar-refractivity contribution in [2.24, 2.45) is 0 Å². The number of amides is 3. The van der Waals surface area contributed by atoms with Crippen LogP contribution in [0.5, 0.6) is 0 Å². The molecule has 0 spiro atoms. The molecule has 1 aliphatic rings. The number of halogens is 3. The van der Waals surface area contributed by atoms with Crippen LogP contribution in [-0.4, -0.2) is 17.7 Å². The number of imide groups is 1. The van der Waals surface area contributed by atoms with Gasteiger partial charge in [-0.15, -0.1) is 0 Å². The van der Waals surface area contributed by atoms with Crippen LogP contribution < -0.4 is 15.5 Å². The zero-order chi connectivity index (χ0) is 24.6. The molecule has 172 valence electrons. The maximum Gasteiger partial charge on any atom is 0.283 e. The topological polar surface area (TPSA) is 78.5 Å². The number of carbonyl (C=O) groups is 3. The molecule has 2 N–H and O–H groups in total. The predicted molar refractivity (Wildman–Crippen MR) is 136 cm³/mol. The van der Waals surface area contributed by atoms with Crippen LogP contribution in [0.3, 0.4) is 0 Å². The molecule has 0 bridgehead atoms. The number of rotatable bonds is 5. The first-order valence-electron chi connectivity index (χ1n) is 10.2. The van der Waals surface area contributed by atoms with Crippen LogP contribution >= 0.6 is 34.8 Å². The van der Waals surface area contributed by atoms with Crippen molar-refractivity contribution in [2.45, 2.75) is 13.8 Å². The van der Waals surface area contributed by atoms with Crippen molar-refractivity contribution in [3.63, 3.8) is 0 Å². The molecular weight excluding hydrogens is 497 g/mol. The van der Waals surface area contributed by atoms with E-state index in [9.17, 15) is 14.4 Å². The molecule has 6 nitrogen and oxygen atoms in total. The van der Waals surface area contributed by atoms with Crippen molar-refractivity contribution in [3.05, 3.63) is 98.1 Å². The predicted octanol–water partition coefficient (Wildman–Crippen LogP) is 6.30. The van der Waals surface area contributed by atoms with E-state index in [1.54, 1.807) is 67.6 Å². The molecule has 0 aromatic heterocycles. The molecule has 0 fully saturated rings. The van der Waals surface area contributed by atoms with Gasteiger partial charge in [0.05, 0.1) is 5.69 Å². The third kappa shape index (κ3) is 4.53. The Morgan fingerprint density at radius 1 is 0.853 bits per heavy atom. The average Bonchev–Trinajstić information content (AvgIpc) is 3.02. The molecule has 34 heavy (non-hydrogen) atoms. The highest BCUT2D eigenvalue weighted by Crippen LogP contribution is 2.32. The molecule has 3 aromatic carbocycles. The van der Waals surface area contributed by atoms with E-state index in [1.165, 1.54) is 0 Å². The van der Waals surface area contributed by atoms with Crippen LogP contribution in [-0.2, 0) is 9.59 Å². The molecule has 0 atom stereocenters. The van der Waals surface area contributed by atoms with Gasteiger partial charge in [0, 0.05) is 27.0 Å². The summed E-state index contributed by atoms with van der Waals surface area (Å²) in [4.78, 5) is 39.6. The summed E-state index contributed by atoms with van der Waals surface area (Å²) in [6.45, 7) is 3.61. The Morgan fingerprint density at radius 2 is 1.56 bits per heavy atom. The van der Waals surface area contributed by atoms with E-state index >= 15 is 0 Å². The monoisotopic (exact) mass is 513 g/mol. The largest absolute Gasteiger partial charge is 0.349 e. The van der Waals surface area contributed by atoms with E-state index in [2.05, 4.69) is 10.6 Å². The smallest absolute Gasteiger partial charge is 0.283 e. The molecule has 3 aromatic rings. The number of nitrogens with zero attached hydrogens (tertiary/aromatic N) is 1. The Bertz CT molecular complexity index is 1370. The Hall–Kier alpha value is -3.32. The Labute approximate surface area is 211 Å². The van der Waals surface area contributed by atoms with Gasteiger partial charge in [0.25, 0.3) is 17.7 Å². The quantitative estimate of drug-likeness (QED) is 0.392. The molecular formula is C25H18Cl3N3O3. The Morgan fingerprint density at radius 3 is 2.26 bits per heavy atom. The van der Waals surface area contributed by atoms with Crippen LogP contribution in [0.15, 0.2) is 71.4 Å². The first-order valence-corrected chi connectivity index (χ1v) is 11.3. The fourth-order valence-electron chi connectivity index (χ4n) is 3.41. The van der Waals surface area contributed by atoms with Gasteiger partial charge in [0.1, 0.15) is 10.7 Å². The lowest BCUT2D eigenvalue weighted by Gasteiger charge is -2.16. The Balaban J connectivity index is 1.59. The molecule has 4 rings (SSSR count). The van der Waals surface area contributed by atoms with E-state index in [0.29, 0.717) is 32.7 Å². The second-order valence-electron chi connectivity index (χ2n) is 7.63. The Kier molecular flexibility index (Phi) is 6.66. The third-order valence-electron chi connectivity index (χ3n) is 5.39. The maximum atomic E-state index is 13.0.